The average Bonchev–Trinajstić information content (AvgIpc) is 2.33. The van der Waals surface area contributed by atoms with E-state index >= 15 is 0 Å². The lowest BCUT2D eigenvalue weighted by Crippen LogP contribution is -2.41. The number of halogens is 2. The Bertz CT molecular complexity index is 481. The summed E-state index contributed by atoms with van der Waals surface area (Å²) in [7, 11) is 1.43. The highest BCUT2D eigenvalue weighted by atomic mass is 35.5. The van der Waals surface area contributed by atoms with E-state index in [1.807, 2.05) is 0 Å². The van der Waals surface area contributed by atoms with E-state index < -0.39 is 23.7 Å². The Labute approximate surface area is 114 Å². The van der Waals surface area contributed by atoms with Crippen LogP contribution < -0.4 is 5.32 Å². The lowest BCUT2D eigenvalue weighted by molar-refractivity contribution is -0.139. The van der Waals surface area contributed by atoms with Crippen molar-refractivity contribution in [3.8, 4) is 0 Å². The summed E-state index contributed by atoms with van der Waals surface area (Å²) in [6.07, 6.45) is 0.121. The zero-order valence-corrected chi connectivity index (χ0v) is 10.9. The zero-order valence-electron chi connectivity index (χ0n) is 10.2. The van der Waals surface area contributed by atoms with Gasteiger partial charge in [0.2, 0.25) is 0 Å². The highest BCUT2D eigenvalue weighted by Gasteiger charge is 2.21. The molecule has 0 saturated heterocycles. The maximum atomic E-state index is 12.8. The number of carbonyl (C=O) groups excluding carboxylic acids is 1. The standard InChI is InChI=1S/C12H13ClFNO4/c1-19-5-4-10(12(17)18)15-11(16)8-3-2-7(14)6-9(8)13/h2-3,6,10H,4-5H2,1H3,(H,15,16)(H,17,18). The summed E-state index contributed by atoms with van der Waals surface area (Å²) in [6.45, 7) is 0.189. The number of aliphatic carboxylic acids is 1. The number of nitrogens with one attached hydrogen (secondary N) is 1. The van der Waals surface area contributed by atoms with Crippen molar-refractivity contribution in [2.24, 2.45) is 0 Å². The number of methoxy groups -OCH3 is 1. The molecular formula is C12H13ClFNO4. The third-order valence-corrected chi connectivity index (χ3v) is 2.70. The monoisotopic (exact) mass is 289 g/mol. The molecule has 0 aliphatic rings. The first-order chi connectivity index (χ1) is 8.95. The van der Waals surface area contributed by atoms with Crippen LogP contribution in [-0.4, -0.2) is 36.7 Å². The molecule has 0 aliphatic heterocycles. The van der Waals surface area contributed by atoms with Gasteiger partial charge in [0, 0.05) is 20.1 Å². The molecule has 0 radical (unpaired) electrons. The largest absolute Gasteiger partial charge is 0.480 e. The molecule has 104 valence electrons. The van der Waals surface area contributed by atoms with Crippen LogP contribution in [0.1, 0.15) is 16.8 Å². The highest BCUT2D eigenvalue weighted by molar-refractivity contribution is 6.33. The van der Waals surface area contributed by atoms with Crippen LogP contribution in [0.2, 0.25) is 5.02 Å². The van der Waals surface area contributed by atoms with Gasteiger partial charge in [0.05, 0.1) is 10.6 Å². The van der Waals surface area contributed by atoms with Gasteiger partial charge in [-0.3, -0.25) is 4.79 Å². The second kappa shape index (κ2) is 7.06. The summed E-state index contributed by atoms with van der Waals surface area (Å²) in [5.41, 5.74) is 0.0201. The minimum atomic E-state index is -1.18. The molecule has 1 rings (SSSR count). The van der Waals surface area contributed by atoms with Crippen molar-refractivity contribution in [3.63, 3.8) is 0 Å². The van der Waals surface area contributed by atoms with Gasteiger partial charge in [-0.1, -0.05) is 11.6 Å². The molecule has 2 N–H and O–H groups in total. The van der Waals surface area contributed by atoms with Gasteiger partial charge < -0.3 is 15.2 Å². The van der Waals surface area contributed by atoms with Crippen LogP contribution in [0.15, 0.2) is 18.2 Å². The second-order valence-electron chi connectivity index (χ2n) is 3.77. The molecule has 1 amide bonds. The van der Waals surface area contributed by atoms with Gasteiger partial charge in [-0.05, 0) is 18.2 Å². The predicted molar refractivity (Wildman–Crippen MR) is 66.8 cm³/mol. The molecule has 1 aromatic rings. The van der Waals surface area contributed by atoms with Crippen LogP contribution in [0.3, 0.4) is 0 Å². The minimum absolute atomic E-state index is 0.0201. The fourth-order valence-electron chi connectivity index (χ4n) is 1.40. The van der Waals surface area contributed by atoms with Crippen molar-refractivity contribution in [1.82, 2.24) is 5.32 Å². The molecule has 0 bridgehead atoms. The van der Waals surface area contributed by atoms with E-state index in [4.69, 9.17) is 21.4 Å². The van der Waals surface area contributed by atoms with Crippen LogP contribution in [-0.2, 0) is 9.53 Å². The number of carboxylic acid groups (broad SMARTS) is 1. The van der Waals surface area contributed by atoms with Gasteiger partial charge in [-0.2, -0.15) is 0 Å². The van der Waals surface area contributed by atoms with E-state index in [1.165, 1.54) is 13.2 Å². The Balaban J connectivity index is 2.78. The van der Waals surface area contributed by atoms with Crippen LogP contribution in [0, 0.1) is 5.82 Å². The van der Waals surface area contributed by atoms with E-state index in [-0.39, 0.29) is 23.6 Å². The molecule has 7 heteroatoms. The predicted octanol–water partition coefficient (Wildman–Crippen LogP) is 1.70. The summed E-state index contributed by atoms with van der Waals surface area (Å²) in [4.78, 5) is 22.8. The quantitative estimate of drug-likeness (QED) is 0.836. The number of hydrogen-bond acceptors (Lipinski definition) is 3. The maximum absolute atomic E-state index is 12.8. The fourth-order valence-corrected chi connectivity index (χ4v) is 1.66. The van der Waals surface area contributed by atoms with E-state index in [9.17, 15) is 14.0 Å². The van der Waals surface area contributed by atoms with Crippen molar-refractivity contribution in [2.75, 3.05) is 13.7 Å². The van der Waals surface area contributed by atoms with Crippen molar-refractivity contribution in [2.45, 2.75) is 12.5 Å². The highest BCUT2D eigenvalue weighted by Crippen LogP contribution is 2.17. The number of hydrogen-bond donors (Lipinski definition) is 2. The van der Waals surface area contributed by atoms with Crippen LogP contribution >= 0.6 is 11.6 Å². The zero-order chi connectivity index (χ0) is 14.4. The molecule has 0 saturated carbocycles. The van der Waals surface area contributed by atoms with Crippen LogP contribution in [0.25, 0.3) is 0 Å². The normalized spacial score (nSPS) is 11.9. The lowest BCUT2D eigenvalue weighted by atomic mass is 10.1. The molecule has 5 nitrogen and oxygen atoms in total. The van der Waals surface area contributed by atoms with Crippen molar-refractivity contribution in [3.05, 3.63) is 34.6 Å². The number of amides is 1. The van der Waals surface area contributed by atoms with E-state index in [1.54, 1.807) is 0 Å². The van der Waals surface area contributed by atoms with Gasteiger partial charge in [-0.25, -0.2) is 9.18 Å². The smallest absolute Gasteiger partial charge is 0.326 e. The Kier molecular flexibility index (Phi) is 5.72. The maximum Gasteiger partial charge on any atom is 0.326 e. The number of carbonyl (C=O) groups is 2. The SMILES string of the molecule is COCCC(NC(=O)c1ccc(F)cc1Cl)C(=O)O. The third kappa shape index (κ3) is 4.50. The number of rotatable bonds is 6. The Morgan fingerprint density at radius 3 is 2.74 bits per heavy atom. The van der Waals surface area contributed by atoms with Crippen LogP contribution in [0.4, 0.5) is 4.39 Å². The van der Waals surface area contributed by atoms with Gasteiger partial charge in [0.1, 0.15) is 11.9 Å². The number of ether oxygens (including phenoxy) is 1. The summed E-state index contributed by atoms with van der Waals surface area (Å²) in [5.74, 6) is -2.42. The van der Waals surface area contributed by atoms with Gasteiger partial charge in [-0.15, -0.1) is 0 Å². The van der Waals surface area contributed by atoms with Gasteiger partial charge in [0.15, 0.2) is 0 Å². The van der Waals surface area contributed by atoms with Crippen molar-refractivity contribution < 1.29 is 23.8 Å². The minimum Gasteiger partial charge on any atom is -0.480 e. The first-order valence-corrected chi connectivity index (χ1v) is 5.81. The Morgan fingerprint density at radius 2 is 2.21 bits per heavy atom. The summed E-state index contributed by atoms with van der Waals surface area (Å²) >= 11 is 5.72. The first kappa shape index (κ1) is 15.4. The molecule has 0 aromatic heterocycles. The average molecular weight is 290 g/mol. The molecule has 1 unspecified atom stereocenters. The molecule has 0 aliphatic carbocycles. The van der Waals surface area contributed by atoms with Crippen LogP contribution in [0.5, 0.6) is 0 Å². The molecule has 0 spiro atoms. The fraction of sp³-hybridized carbons (Fsp3) is 0.333. The molecule has 1 atom stereocenters. The van der Waals surface area contributed by atoms with Gasteiger partial charge in [0.25, 0.3) is 5.91 Å². The summed E-state index contributed by atoms with van der Waals surface area (Å²) < 4.78 is 17.6. The van der Waals surface area contributed by atoms with Gasteiger partial charge >= 0.3 is 5.97 Å². The van der Waals surface area contributed by atoms with E-state index in [2.05, 4.69) is 5.32 Å². The third-order valence-electron chi connectivity index (χ3n) is 2.39. The van der Waals surface area contributed by atoms with E-state index in [0.29, 0.717) is 0 Å². The first-order valence-electron chi connectivity index (χ1n) is 5.43. The number of benzene rings is 1. The molecular weight excluding hydrogens is 277 g/mol. The molecule has 19 heavy (non-hydrogen) atoms. The van der Waals surface area contributed by atoms with Crippen molar-refractivity contribution >= 4 is 23.5 Å². The van der Waals surface area contributed by atoms with E-state index in [0.717, 1.165) is 12.1 Å². The van der Waals surface area contributed by atoms with Crippen molar-refractivity contribution in [1.29, 1.82) is 0 Å². The Morgan fingerprint density at radius 1 is 1.53 bits per heavy atom. The molecule has 0 fully saturated rings. The summed E-state index contributed by atoms with van der Waals surface area (Å²) in [5, 5.41) is 11.2. The Hall–Kier alpha value is -1.66. The topological polar surface area (TPSA) is 75.6 Å². The lowest BCUT2D eigenvalue weighted by Gasteiger charge is -2.14. The number of carboxylic acids is 1. The molecule has 1 aromatic carbocycles. The molecule has 0 heterocycles. The summed E-state index contributed by atoms with van der Waals surface area (Å²) in [6, 6.07) is 2.17. The second-order valence-corrected chi connectivity index (χ2v) is 4.18.